The molecule has 2 aliphatic rings. The topological polar surface area (TPSA) is 82.4 Å². The van der Waals surface area contributed by atoms with Gasteiger partial charge < -0.3 is 14.4 Å². The smallest absolute Gasteiger partial charge is 0.233 e. The molecule has 1 amide bonds. The van der Waals surface area contributed by atoms with Crippen LogP contribution in [0.15, 0.2) is 47.6 Å². The van der Waals surface area contributed by atoms with Gasteiger partial charge in [0.15, 0.2) is 11.5 Å². The Bertz CT molecular complexity index is 1120. The first-order chi connectivity index (χ1) is 15.7. The highest BCUT2D eigenvalue weighted by Crippen LogP contribution is 2.41. The van der Waals surface area contributed by atoms with E-state index in [1.807, 2.05) is 39.9 Å². The second-order valence-electron chi connectivity index (χ2n) is 7.98. The molecule has 9 heteroatoms. The monoisotopic (exact) mass is 451 g/mol. The van der Waals surface area contributed by atoms with Gasteiger partial charge in [0.1, 0.15) is 0 Å². The number of carbonyl (C=O) groups excluding carboxylic acids is 1. The molecule has 2 aromatic carbocycles. The first-order valence-corrected chi connectivity index (χ1v) is 11.7. The zero-order valence-corrected chi connectivity index (χ0v) is 18.9. The molecule has 166 valence electrons. The van der Waals surface area contributed by atoms with Crippen molar-refractivity contribution in [2.24, 2.45) is 0 Å². The second kappa shape index (κ2) is 8.82. The highest BCUT2D eigenvalue weighted by Gasteiger charge is 2.34. The van der Waals surface area contributed by atoms with E-state index in [2.05, 4.69) is 27.7 Å². The quantitative estimate of drug-likeness (QED) is 0.510. The van der Waals surface area contributed by atoms with E-state index in [4.69, 9.17) is 9.47 Å². The van der Waals surface area contributed by atoms with Crippen LogP contribution in [-0.4, -0.2) is 57.5 Å². The van der Waals surface area contributed by atoms with Gasteiger partial charge >= 0.3 is 0 Å². The van der Waals surface area contributed by atoms with Crippen LogP contribution in [0.2, 0.25) is 0 Å². The number of thioether (sulfide) groups is 1. The van der Waals surface area contributed by atoms with Gasteiger partial charge in [-0.05, 0) is 58.5 Å². The first kappa shape index (κ1) is 20.8. The van der Waals surface area contributed by atoms with Crippen molar-refractivity contribution in [1.29, 1.82) is 0 Å². The van der Waals surface area contributed by atoms with Gasteiger partial charge in [-0.2, -0.15) is 0 Å². The third kappa shape index (κ3) is 3.92. The molecule has 0 saturated heterocycles. The summed E-state index contributed by atoms with van der Waals surface area (Å²) in [6.45, 7) is 0.634. The van der Waals surface area contributed by atoms with Crippen molar-refractivity contribution in [2.75, 3.05) is 26.5 Å². The highest BCUT2D eigenvalue weighted by molar-refractivity contribution is 7.99. The van der Waals surface area contributed by atoms with Crippen LogP contribution in [0.1, 0.15) is 41.6 Å². The Balaban J connectivity index is 1.45. The van der Waals surface area contributed by atoms with Crippen molar-refractivity contribution in [3.8, 4) is 11.5 Å². The zero-order valence-electron chi connectivity index (χ0n) is 18.1. The number of amides is 1. The van der Waals surface area contributed by atoms with E-state index in [1.165, 1.54) is 17.3 Å². The van der Waals surface area contributed by atoms with Crippen LogP contribution < -0.4 is 9.47 Å². The van der Waals surface area contributed by atoms with Gasteiger partial charge in [-0.15, -0.1) is 5.10 Å². The number of hydrogen-bond donors (Lipinski definition) is 0. The van der Waals surface area contributed by atoms with Crippen LogP contribution in [0.5, 0.6) is 11.5 Å². The Morgan fingerprint density at radius 3 is 2.59 bits per heavy atom. The number of ether oxygens (including phenoxy) is 2. The van der Waals surface area contributed by atoms with E-state index in [-0.39, 0.29) is 11.9 Å². The van der Waals surface area contributed by atoms with Gasteiger partial charge in [0.05, 0.1) is 32.1 Å². The van der Waals surface area contributed by atoms with Gasteiger partial charge in [-0.25, -0.2) is 4.68 Å². The van der Waals surface area contributed by atoms with Gasteiger partial charge in [0.25, 0.3) is 0 Å². The molecule has 1 saturated carbocycles. The molecule has 1 aliphatic carbocycles. The van der Waals surface area contributed by atoms with Crippen molar-refractivity contribution in [2.45, 2.75) is 36.5 Å². The summed E-state index contributed by atoms with van der Waals surface area (Å²) < 4.78 is 12.9. The average Bonchev–Trinajstić information content (AvgIpc) is 3.58. The zero-order chi connectivity index (χ0) is 22.1. The number of methoxy groups -OCH3 is 2. The maximum absolute atomic E-state index is 13.4. The van der Waals surface area contributed by atoms with Gasteiger partial charge in [0, 0.05) is 6.54 Å². The number of nitrogens with zero attached hydrogens (tertiary/aromatic N) is 5. The Morgan fingerprint density at radius 2 is 1.88 bits per heavy atom. The molecule has 1 aromatic heterocycles. The molecule has 5 rings (SSSR count). The van der Waals surface area contributed by atoms with Crippen LogP contribution in [-0.2, 0) is 11.2 Å². The van der Waals surface area contributed by atoms with Gasteiger partial charge in [-0.1, -0.05) is 42.1 Å². The fourth-order valence-corrected chi connectivity index (χ4v) is 5.08. The molecule has 0 spiro atoms. The highest BCUT2D eigenvalue weighted by atomic mass is 32.2. The number of fused-ring (bicyclic) bond motifs is 1. The van der Waals surface area contributed by atoms with E-state index in [9.17, 15) is 4.79 Å². The largest absolute Gasteiger partial charge is 0.493 e. The van der Waals surface area contributed by atoms with Gasteiger partial charge in [-0.3, -0.25) is 4.79 Å². The molecule has 0 radical (unpaired) electrons. The Morgan fingerprint density at radius 1 is 1.12 bits per heavy atom. The Hall–Kier alpha value is -3.07. The summed E-state index contributed by atoms with van der Waals surface area (Å²) in [6.07, 6.45) is 2.95. The Kier molecular flexibility index (Phi) is 5.73. The van der Waals surface area contributed by atoms with Crippen LogP contribution in [0, 0.1) is 0 Å². The van der Waals surface area contributed by atoms with Crippen LogP contribution >= 0.6 is 11.8 Å². The molecule has 0 N–H and O–H groups in total. The first-order valence-electron chi connectivity index (χ1n) is 10.7. The summed E-state index contributed by atoms with van der Waals surface area (Å²) in [4.78, 5) is 15.4. The van der Waals surface area contributed by atoms with Crippen LogP contribution in [0.4, 0.5) is 0 Å². The van der Waals surface area contributed by atoms with Crippen molar-refractivity contribution in [3.63, 3.8) is 0 Å². The minimum Gasteiger partial charge on any atom is -0.493 e. The van der Waals surface area contributed by atoms with Crippen molar-refractivity contribution < 1.29 is 14.3 Å². The minimum atomic E-state index is -0.188. The van der Waals surface area contributed by atoms with E-state index < -0.39 is 0 Å². The molecule has 32 heavy (non-hydrogen) atoms. The van der Waals surface area contributed by atoms with E-state index >= 15 is 0 Å². The third-order valence-electron chi connectivity index (χ3n) is 5.99. The summed E-state index contributed by atoms with van der Waals surface area (Å²) in [5, 5.41) is 12.7. The molecular formula is C23H25N5O3S. The molecule has 1 fully saturated rings. The summed E-state index contributed by atoms with van der Waals surface area (Å²) in [7, 11) is 3.28. The standard InChI is InChI=1S/C23H25N5O3S/c1-30-19-12-16-10-11-27(21(29)14-32-23-24-25-26-28(23)17-8-9-17)22(15-6-4-3-5-7-15)18(16)13-20(19)31-2/h3-7,12-13,17,22H,8-11,14H2,1-2H3/t22-/m1/s1. The lowest BCUT2D eigenvalue weighted by Gasteiger charge is -2.38. The number of aromatic nitrogens is 4. The summed E-state index contributed by atoms with van der Waals surface area (Å²) in [6, 6.07) is 14.4. The average molecular weight is 452 g/mol. The summed E-state index contributed by atoms with van der Waals surface area (Å²) >= 11 is 1.41. The number of rotatable bonds is 7. The minimum absolute atomic E-state index is 0.0645. The number of benzene rings is 2. The lowest BCUT2D eigenvalue weighted by molar-refractivity contribution is -0.130. The summed E-state index contributed by atoms with van der Waals surface area (Å²) in [5.41, 5.74) is 3.31. The van der Waals surface area contributed by atoms with E-state index in [0.717, 1.165) is 30.4 Å². The maximum Gasteiger partial charge on any atom is 0.233 e. The predicted molar refractivity (Wildman–Crippen MR) is 120 cm³/mol. The molecule has 3 aromatic rings. The van der Waals surface area contributed by atoms with Gasteiger partial charge in [0.2, 0.25) is 11.1 Å². The normalized spacial score (nSPS) is 17.7. The fraction of sp³-hybridized carbons (Fsp3) is 0.391. The number of tetrazole rings is 1. The lowest BCUT2D eigenvalue weighted by atomic mass is 9.87. The number of hydrogen-bond acceptors (Lipinski definition) is 7. The molecule has 1 atom stereocenters. The fourth-order valence-electron chi connectivity index (χ4n) is 4.25. The van der Waals surface area contributed by atoms with Crippen LogP contribution in [0.3, 0.4) is 0 Å². The van der Waals surface area contributed by atoms with E-state index in [0.29, 0.717) is 35.0 Å². The SMILES string of the molecule is COc1cc2c(cc1OC)[C@@H](c1ccccc1)N(C(=O)CSc1nnnn1C1CC1)CC2. The second-order valence-corrected chi connectivity index (χ2v) is 8.92. The molecular weight excluding hydrogens is 426 g/mol. The molecule has 1 aliphatic heterocycles. The van der Waals surface area contributed by atoms with E-state index in [1.54, 1.807) is 14.2 Å². The summed E-state index contributed by atoms with van der Waals surface area (Å²) in [5.74, 6) is 1.73. The molecule has 0 unspecified atom stereocenters. The number of carbonyl (C=O) groups is 1. The lowest BCUT2D eigenvalue weighted by Crippen LogP contribution is -2.41. The van der Waals surface area contributed by atoms with Crippen molar-refractivity contribution >= 4 is 17.7 Å². The predicted octanol–water partition coefficient (Wildman–Crippen LogP) is 3.29. The maximum atomic E-state index is 13.4. The molecule has 2 heterocycles. The van der Waals surface area contributed by atoms with Crippen LogP contribution in [0.25, 0.3) is 0 Å². The van der Waals surface area contributed by atoms with Crippen molar-refractivity contribution in [3.05, 3.63) is 59.2 Å². The molecule has 0 bridgehead atoms. The molecule has 8 nitrogen and oxygen atoms in total. The Labute approximate surface area is 190 Å². The third-order valence-corrected chi connectivity index (χ3v) is 6.91. The van der Waals surface area contributed by atoms with Crippen molar-refractivity contribution in [1.82, 2.24) is 25.1 Å².